The van der Waals surface area contributed by atoms with E-state index in [1.165, 1.54) is 38.5 Å². The van der Waals surface area contributed by atoms with Crippen molar-refractivity contribution in [3.63, 3.8) is 0 Å². The van der Waals surface area contributed by atoms with Gasteiger partial charge in [-0.2, -0.15) is 0 Å². The molecule has 244 valence electrons. The van der Waals surface area contributed by atoms with Crippen LogP contribution in [0.4, 0.5) is 5.69 Å². The maximum atomic E-state index is 13.8. The lowest BCUT2D eigenvalue weighted by Gasteiger charge is -2.43. The minimum absolute atomic E-state index is 0.114. The maximum Gasteiger partial charge on any atom is 0.340 e. The Morgan fingerprint density at radius 2 is 1.48 bits per heavy atom. The molecule has 1 unspecified atom stereocenters. The van der Waals surface area contributed by atoms with Gasteiger partial charge in [-0.1, -0.05) is 45.7 Å². The predicted octanol–water partition coefficient (Wildman–Crippen LogP) is 9.72. The number of nitrogens with zero attached hydrogens (tertiary/aromatic N) is 2. The highest BCUT2D eigenvalue weighted by molar-refractivity contribution is 6.74. The number of aryl methyl sites for hydroxylation is 2. The van der Waals surface area contributed by atoms with E-state index in [0.717, 1.165) is 52.6 Å². The first-order valence-corrected chi connectivity index (χ1v) is 19.7. The van der Waals surface area contributed by atoms with Gasteiger partial charge in [-0.15, -0.1) is 0 Å². The number of piperidine rings is 1. The fourth-order valence-electron chi connectivity index (χ4n) is 6.67. The standard InChI is InChI=1S/C37H58N2O4Si/c1-25(2)41-34(40)33(42-35(5,6)7)31-27(4)38-26(3)30(32(31)39-23-21-37(22-24-39)19-13-14-20-37)28-15-17-29(18-16-28)43-44(11,12)36(8,9)10/h15-18,25,33H,13-14,19-24H2,1-12H3. The largest absolute Gasteiger partial charge is 0.544 e. The Hall–Kier alpha value is -2.38. The zero-order valence-corrected chi connectivity index (χ0v) is 30.6. The van der Waals surface area contributed by atoms with Gasteiger partial charge in [0.05, 0.1) is 17.4 Å². The second-order valence-corrected chi connectivity index (χ2v) is 20.8. The van der Waals surface area contributed by atoms with Gasteiger partial charge in [0, 0.05) is 35.6 Å². The minimum atomic E-state index is -1.98. The van der Waals surface area contributed by atoms with Gasteiger partial charge in [0.2, 0.25) is 8.32 Å². The van der Waals surface area contributed by atoms with E-state index in [4.69, 9.17) is 18.9 Å². The van der Waals surface area contributed by atoms with Crippen LogP contribution in [0.3, 0.4) is 0 Å². The molecule has 1 saturated carbocycles. The van der Waals surface area contributed by atoms with E-state index in [1.54, 1.807) is 0 Å². The summed E-state index contributed by atoms with van der Waals surface area (Å²) < 4.78 is 19.0. The zero-order chi connectivity index (χ0) is 32.7. The highest BCUT2D eigenvalue weighted by Crippen LogP contribution is 2.50. The number of carbonyl (C=O) groups excluding carboxylic acids is 1. The molecule has 1 aromatic heterocycles. The number of aromatic nitrogens is 1. The third-order valence-electron chi connectivity index (χ3n) is 10.0. The molecule has 0 N–H and O–H groups in total. The zero-order valence-electron chi connectivity index (χ0n) is 29.6. The third kappa shape index (κ3) is 7.70. The third-order valence-corrected chi connectivity index (χ3v) is 14.4. The summed E-state index contributed by atoms with van der Waals surface area (Å²) in [7, 11) is -1.98. The number of esters is 1. The second kappa shape index (κ2) is 12.8. The summed E-state index contributed by atoms with van der Waals surface area (Å²) in [4.78, 5) is 21.4. The second-order valence-electron chi connectivity index (χ2n) is 16.1. The Bertz CT molecular complexity index is 1300. The lowest BCUT2D eigenvalue weighted by molar-refractivity contribution is -0.171. The molecule has 1 atom stereocenters. The average Bonchev–Trinajstić information content (AvgIpc) is 3.34. The molecule has 1 aliphatic heterocycles. The Morgan fingerprint density at radius 3 is 1.98 bits per heavy atom. The predicted molar refractivity (Wildman–Crippen MR) is 184 cm³/mol. The van der Waals surface area contributed by atoms with E-state index in [-0.39, 0.29) is 17.1 Å². The van der Waals surface area contributed by atoms with E-state index in [0.29, 0.717) is 5.41 Å². The van der Waals surface area contributed by atoms with Crippen LogP contribution in [-0.2, 0) is 14.3 Å². The molecule has 2 aliphatic rings. The first-order chi connectivity index (χ1) is 20.3. The number of hydrogen-bond acceptors (Lipinski definition) is 6. The van der Waals surface area contributed by atoms with E-state index in [1.807, 2.05) is 41.5 Å². The SMILES string of the molecule is Cc1nc(C)c(C(OC(C)(C)C)C(=O)OC(C)C)c(N2CCC3(CCCC3)CC2)c1-c1ccc(O[Si](C)(C)C(C)(C)C)cc1. The van der Waals surface area contributed by atoms with Gasteiger partial charge >= 0.3 is 5.97 Å². The van der Waals surface area contributed by atoms with Crippen LogP contribution in [0, 0.1) is 19.3 Å². The van der Waals surface area contributed by atoms with Crippen LogP contribution < -0.4 is 9.33 Å². The minimum Gasteiger partial charge on any atom is -0.544 e. The van der Waals surface area contributed by atoms with Crippen LogP contribution in [0.1, 0.15) is 117 Å². The molecule has 1 saturated heterocycles. The molecular weight excluding hydrogens is 565 g/mol. The summed E-state index contributed by atoms with van der Waals surface area (Å²) in [6.07, 6.45) is 6.57. The fraction of sp³-hybridized carbons (Fsp3) is 0.676. The Labute approximate surface area is 268 Å². The molecule has 7 heteroatoms. The van der Waals surface area contributed by atoms with Crippen molar-refractivity contribution < 1.29 is 18.7 Å². The van der Waals surface area contributed by atoms with E-state index >= 15 is 0 Å². The molecule has 1 spiro atoms. The molecule has 0 amide bonds. The lowest BCUT2D eigenvalue weighted by atomic mass is 9.76. The topological polar surface area (TPSA) is 60.9 Å². The van der Waals surface area contributed by atoms with Crippen LogP contribution >= 0.6 is 0 Å². The summed E-state index contributed by atoms with van der Waals surface area (Å²) in [6.45, 7) is 27.1. The van der Waals surface area contributed by atoms with Crippen LogP contribution in [0.15, 0.2) is 24.3 Å². The number of anilines is 1. The van der Waals surface area contributed by atoms with Crippen molar-refractivity contribution >= 4 is 20.0 Å². The summed E-state index contributed by atoms with van der Waals surface area (Å²) in [5.41, 5.74) is 5.70. The molecule has 1 aromatic carbocycles. The summed E-state index contributed by atoms with van der Waals surface area (Å²) in [5.74, 6) is 0.536. The summed E-state index contributed by atoms with van der Waals surface area (Å²) in [6, 6.07) is 8.50. The first-order valence-electron chi connectivity index (χ1n) is 16.8. The molecule has 6 nitrogen and oxygen atoms in total. The van der Waals surface area contributed by atoms with Gasteiger partial charge in [-0.25, -0.2) is 4.79 Å². The molecule has 2 fully saturated rings. The molecule has 0 radical (unpaired) electrons. The van der Waals surface area contributed by atoms with E-state index in [2.05, 4.69) is 70.0 Å². The van der Waals surface area contributed by atoms with Crippen LogP contribution in [0.25, 0.3) is 11.1 Å². The Kier molecular flexibility index (Phi) is 10.0. The van der Waals surface area contributed by atoms with Gasteiger partial charge in [-0.05, 0) is 115 Å². The van der Waals surface area contributed by atoms with Gasteiger partial charge in [0.1, 0.15) is 5.75 Å². The number of hydrogen-bond donors (Lipinski definition) is 0. The van der Waals surface area contributed by atoms with Crippen LogP contribution in [-0.4, -0.2) is 44.1 Å². The van der Waals surface area contributed by atoms with Gasteiger partial charge in [0.25, 0.3) is 0 Å². The van der Waals surface area contributed by atoms with Crippen molar-refractivity contribution in [1.29, 1.82) is 0 Å². The molecule has 2 aromatic rings. The average molecular weight is 623 g/mol. The molecule has 4 rings (SSSR count). The molecule has 2 heterocycles. The van der Waals surface area contributed by atoms with E-state index in [9.17, 15) is 4.79 Å². The summed E-state index contributed by atoms with van der Waals surface area (Å²) in [5, 5.41) is 0.114. The fourth-order valence-corrected chi connectivity index (χ4v) is 7.70. The van der Waals surface area contributed by atoms with Gasteiger partial charge < -0.3 is 18.8 Å². The summed E-state index contributed by atoms with van der Waals surface area (Å²) >= 11 is 0. The Morgan fingerprint density at radius 1 is 0.909 bits per heavy atom. The number of carbonyl (C=O) groups is 1. The van der Waals surface area contributed by atoms with Crippen LogP contribution in [0.5, 0.6) is 5.75 Å². The highest BCUT2D eigenvalue weighted by Gasteiger charge is 2.41. The van der Waals surface area contributed by atoms with Crippen molar-refractivity contribution in [1.82, 2.24) is 4.98 Å². The number of benzene rings is 1. The van der Waals surface area contributed by atoms with Crippen molar-refractivity contribution in [2.45, 2.75) is 144 Å². The van der Waals surface area contributed by atoms with E-state index < -0.39 is 20.0 Å². The molecule has 1 aliphatic carbocycles. The quantitative estimate of drug-likeness (QED) is 0.216. The monoisotopic (exact) mass is 622 g/mol. The van der Waals surface area contributed by atoms with Gasteiger partial charge in [-0.3, -0.25) is 4.98 Å². The van der Waals surface area contributed by atoms with Crippen molar-refractivity contribution in [3.05, 3.63) is 41.2 Å². The highest BCUT2D eigenvalue weighted by atomic mass is 28.4. The molecule has 44 heavy (non-hydrogen) atoms. The Balaban J connectivity index is 1.87. The maximum absolute atomic E-state index is 13.8. The molecule has 0 bridgehead atoms. The number of rotatable bonds is 8. The smallest absolute Gasteiger partial charge is 0.340 e. The van der Waals surface area contributed by atoms with Crippen molar-refractivity contribution in [2.75, 3.05) is 18.0 Å². The normalized spacial score (nSPS) is 18.2. The van der Waals surface area contributed by atoms with Crippen molar-refractivity contribution in [2.24, 2.45) is 5.41 Å². The van der Waals surface area contributed by atoms with Crippen molar-refractivity contribution in [3.8, 4) is 16.9 Å². The van der Waals surface area contributed by atoms with Crippen LogP contribution in [0.2, 0.25) is 18.1 Å². The van der Waals surface area contributed by atoms with Gasteiger partial charge in [0.15, 0.2) is 6.10 Å². The molecular formula is C37H58N2O4Si. The number of pyridine rings is 1. The first kappa shape index (κ1) is 34.5. The number of ether oxygens (including phenoxy) is 2. The lowest BCUT2D eigenvalue weighted by Crippen LogP contribution is -2.43.